The molecule has 0 radical (unpaired) electrons. The maximum atomic E-state index is 14.1. The van der Waals surface area contributed by atoms with Crippen molar-refractivity contribution in [3.8, 4) is 0 Å². The summed E-state index contributed by atoms with van der Waals surface area (Å²) in [5.74, 6) is -1.37. The monoisotopic (exact) mass is 430 g/mol. The molecule has 0 bridgehead atoms. The number of amides is 1. The van der Waals surface area contributed by atoms with Crippen molar-refractivity contribution in [2.45, 2.75) is 13.1 Å². The van der Waals surface area contributed by atoms with Gasteiger partial charge in [0, 0.05) is 12.1 Å². The second kappa shape index (κ2) is 9.04. The zero-order valence-corrected chi connectivity index (χ0v) is 17.0. The molecule has 8 heteroatoms. The molecular weight excluding hydrogens is 410 g/mol. The number of para-hydroxylation sites is 1. The fraction of sp³-hybridized carbons (Fsp3) is 0.136. The first-order chi connectivity index (χ1) is 14.2. The lowest BCUT2D eigenvalue weighted by Gasteiger charge is -2.23. The standard InChI is InChI=1S/C22H20F2N2O3S/c1-30(28,29)26(21-8-3-2-7-20(21)24)15-16-9-11-18(12-10-16)22(27)25-14-17-5-4-6-19(23)13-17/h2-13H,14-15H2,1H3,(H,25,27). The van der Waals surface area contributed by atoms with E-state index in [2.05, 4.69) is 5.32 Å². The van der Waals surface area contributed by atoms with Gasteiger partial charge in [-0.2, -0.15) is 0 Å². The zero-order valence-electron chi connectivity index (χ0n) is 16.2. The summed E-state index contributed by atoms with van der Waals surface area (Å²) in [4.78, 5) is 12.3. The number of hydrogen-bond donors (Lipinski definition) is 1. The van der Waals surface area contributed by atoms with Crippen LogP contribution in [0.3, 0.4) is 0 Å². The van der Waals surface area contributed by atoms with Crippen molar-refractivity contribution in [1.29, 1.82) is 0 Å². The number of nitrogens with one attached hydrogen (secondary N) is 1. The summed E-state index contributed by atoms with van der Waals surface area (Å²) < 4.78 is 52.6. The van der Waals surface area contributed by atoms with Crippen molar-refractivity contribution >= 4 is 21.6 Å². The lowest BCUT2D eigenvalue weighted by molar-refractivity contribution is 0.0951. The summed E-state index contributed by atoms with van der Waals surface area (Å²) >= 11 is 0. The van der Waals surface area contributed by atoms with Gasteiger partial charge in [0.05, 0.1) is 18.5 Å². The first-order valence-electron chi connectivity index (χ1n) is 9.08. The Morgan fingerprint density at radius 3 is 2.27 bits per heavy atom. The number of carbonyl (C=O) groups is 1. The molecule has 0 saturated carbocycles. The summed E-state index contributed by atoms with van der Waals surface area (Å²) in [5, 5.41) is 2.70. The summed E-state index contributed by atoms with van der Waals surface area (Å²) in [6.07, 6.45) is 1.01. The molecular formula is C22H20F2N2O3S. The van der Waals surface area contributed by atoms with Gasteiger partial charge in [0.15, 0.2) is 0 Å². The highest BCUT2D eigenvalue weighted by Crippen LogP contribution is 2.23. The van der Waals surface area contributed by atoms with Gasteiger partial charge in [-0.25, -0.2) is 17.2 Å². The Hall–Kier alpha value is -3.26. The molecule has 0 aliphatic heterocycles. The van der Waals surface area contributed by atoms with Crippen molar-refractivity contribution in [3.63, 3.8) is 0 Å². The molecule has 156 valence electrons. The molecule has 0 saturated heterocycles. The van der Waals surface area contributed by atoms with Gasteiger partial charge in [0.1, 0.15) is 11.6 Å². The predicted molar refractivity (Wildman–Crippen MR) is 111 cm³/mol. The molecule has 0 aromatic heterocycles. The quantitative estimate of drug-likeness (QED) is 0.619. The zero-order chi connectivity index (χ0) is 21.7. The van der Waals surface area contributed by atoms with Crippen LogP contribution >= 0.6 is 0 Å². The number of benzene rings is 3. The maximum Gasteiger partial charge on any atom is 0.251 e. The van der Waals surface area contributed by atoms with Crippen molar-refractivity contribution in [2.75, 3.05) is 10.6 Å². The molecule has 1 N–H and O–H groups in total. The smallest absolute Gasteiger partial charge is 0.251 e. The molecule has 1 amide bonds. The van der Waals surface area contributed by atoms with E-state index in [1.165, 1.54) is 30.3 Å². The van der Waals surface area contributed by atoms with Gasteiger partial charge in [-0.3, -0.25) is 9.10 Å². The molecule has 0 aliphatic carbocycles. The van der Waals surface area contributed by atoms with Crippen LogP contribution in [0.5, 0.6) is 0 Å². The minimum atomic E-state index is -3.72. The Labute approximate surface area is 174 Å². The molecule has 3 aromatic carbocycles. The van der Waals surface area contributed by atoms with Crippen molar-refractivity contribution in [3.05, 3.63) is 101 Å². The van der Waals surface area contributed by atoms with Crippen LogP contribution in [0.2, 0.25) is 0 Å². The number of rotatable bonds is 7. The summed E-state index contributed by atoms with van der Waals surface area (Å²) in [5.41, 5.74) is 1.54. The van der Waals surface area contributed by atoms with Gasteiger partial charge in [0.25, 0.3) is 5.91 Å². The van der Waals surface area contributed by atoms with E-state index < -0.39 is 15.8 Å². The highest BCUT2D eigenvalue weighted by molar-refractivity contribution is 7.92. The minimum absolute atomic E-state index is 0.0445. The third kappa shape index (κ3) is 5.42. The Morgan fingerprint density at radius 2 is 1.63 bits per heavy atom. The average molecular weight is 430 g/mol. The first-order valence-corrected chi connectivity index (χ1v) is 10.9. The topological polar surface area (TPSA) is 66.5 Å². The van der Waals surface area contributed by atoms with Gasteiger partial charge in [0.2, 0.25) is 10.0 Å². The van der Waals surface area contributed by atoms with E-state index in [-0.39, 0.29) is 30.5 Å². The van der Waals surface area contributed by atoms with Crippen LogP contribution in [-0.2, 0) is 23.1 Å². The second-order valence-corrected chi connectivity index (χ2v) is 8.64. The van der Waals surface area contributed by atoms with Crippen molar-refractivity contribution in [2.24, 2.45) is 0 Å². The third-order valence-corrected chi connectivity index (χ3v) is 5.53. The maximum absolute atomic E-state index is 14.1. The normalized spacial score (nSPS) is 11.2. The van der Waals surface area contributed by atoms with E-state index in [1.807, 2.05) is 0 Å². The van der Waals surface area contributed by atoms with E-state index in [9.17, 15) is 22.0 Å². The largest absolute Gasteiger partial charge is 0.348 e. The average Bonchev–Trinajstić information content (AvgIpc) is 2.71. The number of anilines is 1. The van der Waals surface area contributed by atoms with Crippen LogP contribution in [0.15, 0.2) is 72.8 Å². The SMILES string of the molecule is CS(=O)(=O)N(Cc1ccc(C(=O)NCc2cccc(F)c2)cc1)c1ccccc1F. The van der Waals surface area contributed by atoms with Crippen molar-refractivity contribution < 1.29 is 22.0 Å². The third-order valence-electron chi connectivity index (χ3n) is 4.41. The van der Waals surface area contributed by atoms with Crippen LogP contribution in [0.4, 0.5) is 14.5 Å². The lowest BCUT2D eigenvalue weighted by atomic mass is 10.1. The molecule has 0 atom stereocenters. The molecule has 0 fully saturated rings. The predicted octanol–water partition coefficient (Wildman–Crippen LogP) is 3.86. The number of halogens is 2. The van der Waals surface area contributed by atoms with Crippen LogP contribution in [0.25, 0.3) is 0 Å². The summed E-state index contributed by atoms with van der Waals surface area (Å²) in [6.45, 7) is 0.0957. The summed E-state index contributed by atoms with van der Waals surface area (Å²) in [7, 11) is -3.72. The first kappa shape index (κ1) is 21.4. The van der Waals surface area contributed by atoms with Crippen LogP contribution in [-0.4, -0.2) is 20.6 Å². The number of nitrogens with zero attached hydrogens (tertiary/aromatic N) is 1. The highest BCUT2D eigenvalue weighted by Gasteiger charge is 2.21. The molecule has 0 aliphatic rings. The number of hydrogen-bond acceptors (Lipinski definition) is 3. The fourth-order valence-electron chi connectivity index (χ4n) is 2.89. The van der Waals surface area contributed by atoms with Crippen LogP contribution in [0, 0.1) is 11.6 Å². The number of sulfonamides is 1. The Kier molecular flexibility index (Phi) is 6.47. The van der Waals surface area contributed by atoms with Gasteiger partial charge in [-0.15, -0.1) is 0 Å². The van der Waals surface area contributed by atoms with E-state index in [0.717, 1.165) is 10.6 Å². The minimum Gasteiger partial charge on any atom is -0.348 e. The Bertz CT molecular complexity index is 1150. The van der Waals surface area contributed by atoms with Gasteiger partial charge >= 0.3 is 0 Å². The molecule has 3 rings (SSSR count). The second-order valence-electron chi connectivity index (χ2n) is 6.73. The molecule has 30 heavy (non-hydrogen) atoms. The van der Waals surface area contributed by atoms with E-state index in [4.69, 9.17) is 0 Å². The van der Waals surface area contributed by atoms with Crippen LogP contribution < -0.4 is 9.62 Å². The van der Waals surface area contributed by atoms with E-state index >= 15 is 0 Å². The fourth-order valence-corrected chi connectivity index (χ4v) is 3.78. The van der Waals surface area contributed by atoms with Gasteiger partial charge in [-0.05, 0) is 47.5 Å². The van der Waals surface area contributed by atoms with E-state index in [1.54, 1.807) is 42.5 Å². The Balaban J connectivity index is 1.71. The van der Waals surface area contributed by atoms with Gasteiger partial charge < -0.3 is 5.32 Å². The molecule has 5 nitrogen and oxygen atoms in total. The highest BCUT2D eigenvalue weighted by atomic mass is 32.2. The molecule has 3 aromatic rings. The van der Waals surface area contributed by atoms with E-state index in [0.29, 0.717) is 16.7 Å². The lowest BCUT2D eigenvalue weighted by Crippen LogP contribution is -2.30. The number of carbonyl (C=O) groups excluding carboxylic acids is 1. The molecule has 0 unspecified atom stereocenters. The van der Waals surface area contributed by atoms with Gasteiger partial charge in [-0.1, -0.05) is 36.4 Å². The van der Waals surface area contributed by atoms with Crippen LogP contribution in [0.1, 0.15) is 21.5 Å². The Morgan fingerprint density at radius 1 is 0.933 bits per heavy atom. The van der Waals surface area contributed by atoms with Crippen molar-refractivity contribution in [1.82, 2.24) is 5.32 Å². The molecule has 0 spiro atoms. The summed E-state index contributed by atoms with van der Waals surface area (Å²) in [6, 6.07) is 17.9. The molecule has 0 heterocycles.